The number of aromatic nitrogens is 2. The van der Waals surface area contributed by atoms with Gasteiger partial charge in [0.25, 0.3) is 0 Å². The van der Waals surface area contributed by atoms with Gasteiger partial charge in [0.05, 0.1) is 16.4 Å². The molecule has 7 heteroatoms. The molecule has 39 heavy (non-hydrogen) atoms. The molecule has 4 aliphatic carbocycles. The lowest BCUT2D eigenvalue weighted by Crippen LogP contribution is -2.58. The molecular formula is C32H36Cl3N3O. The average Bonchev–Trinajstić information content (AvgIpc) is 3.22. The van der Waals surface area contributed by atoms with Crippen LogP contribution in [0.2, 0.25) is 15.1 Å². The molecular weight excluding hydrogens is 549 g/mol. The molecule has 0 aliphatic heterocycles. The number of benzene rings is 2. The number of hydrogen-bond acceptors (Lipinski definition) is 3. The molecule has 4 saturated carbocycles. The zero-order valence-corrected chi connectivity index (χ0v) is 24.8. The van der Waals surface area contributed by atoms with Crippen molar-refractivity contribution in [1.82, 2.24) is 15.1 Å². The lowest BCUT2D eigenvalue weighted by Gasteiger charge is -2.57. The lowest BCUT2D eigenvalue weighted by atomic mass is 9.53. The molecule has 1 heterocycles. The molecule has 0 amide bonds. The molecule has 0 radical (unpaired) electrons. The van der Waals surface area contributed by atoms with Crippen LogP contribution >= 0.6 is 34.8 Å². The normalized spacial score (nSPS) is 25.4. The molecule has 0 saturated heterocycles. The molecule has 0 spiro atoms. The average molecular weight is 585 g/mol. The highest BCUT2D eigenvalue weighted by molar-refractivity contribution is 6.35. The summed E-state index contributed by atoms with van der Waals surface area (Å²) in [4.78, 5) is 13.4. The van der Waals surface area contributed by atoms with Crippen molar-refractivity contribution < 1.29 is 4.79 Å². The Morgan fingerprint density at radius 2 is 1.56 bits per heavy atom. The van der Waals surface area contributed by atoms with E-state index in [1.807, 2.05) is 37.3 Å². The maximum absolute atomic E-state index is 13.4. The van der Waals surface area contributed by atoms with Gasteiger partial charge >= 0.3 is 0 Å². The fourth-order valence-electron chi connectivity index (χ4n) is 7.92. The van der Waals surface area contributed by atoms with E-state index in [1.165, 1.54) is 38.5 Å². The number of carbonyl (C=O) groups excluding carboxylic acids is 1. The van der Waals surface area contributed by atoms with E-state index in [-0.39, 0.29) is 5.78 Å². The molecule has 1 N–H and O–H groups in total. The van der Waals surface area contributed by atoms with Crippen molar-refractivity contribution in [3.63, 3.8) is 0 Å². The van der Waals surface area contributed by atoms with Crippen molar-refractivity contribution in [2.45, 2.75) is 76.7 Å². The van der Waals surface area contributed by atoms with E-state index in [9.17, 15) is 4.79 Å². The van der Waals surface area contributed by atoms with Gasteiger partial charge in [0.2, 0.25) is 0 Å². The van der Waals surface area contributed by atoms with Crippen LogP contribution in [0.3, 0.4) is 0 Å². The zero-order valence-electron chi connectivity index (χ0n) is 22.5. The van der Waals surface area contributed by atoms with Gasteiger partial charge in [-0.25, -0.2) is 4.68 Å². The Morgan fingerprint density at radius 3 is 2.21 bits per heavy atom. The Hall–Kier alpha value is -1.85. The number of halogens is 3. The van der Waals surface area contributed by atoms with Gasteiger partial charge in [0.1, 0.15) is 5.69 Å². The van der Waals surface area contributed by atoms with Crippen LogP contribution in [0.1, 0.15) is 80.3 Å². The van der Waals surface area contributed by atoms with Gasteiger partial charge < -0.3 is 5.32 Å². The summed E-state index contributed by atoms with van der Waals surface area (Å²) in [5, 5.41) is 10.5. The molecule has 4 aliphatic rings. The molecule has 0 unspecified atom stereocenters. The number of nitrogens with one attached hydrogen (secondary N) is 1. The van der Waals surface area contributed by atoms with E-state index in [1.54, 1.807) is 16.8 Å². The molecule has 0 atom stereocenters. The second kappa shape index (κ2) is 11.2. The number of unbranched alkanes of at least 4 members (excludes halogenated alkanes) is 2. The van der Waals surface area contributed by atoms with Gasteiger partial charge in [-0.05, 0) is 113 Å². The summed E-state index contributed by atoms with van der Waals surface area (Å²) in [7, 11) is 0. The predicted molar refractivity (Wildman–Crippen MR) is 160 cm³/mol. The van der Waals surface area contributed by atoms with Crippen LogP contribution in [-0.2, 0) is 0 Å². The largest absolute Gasteiger partial charge is 0.311 e. The Morgan fingerprint density at radius 1 is 0.923 bits per heavy atom. The third-order valence-electron chi connectivity index (χ3n) is 9.26. The Balaban J connectivity index is 1.11. The third kappa shape index (κ3) is 5.68. The minimum absolute atomic E-state index is 0.0700. The van der Waals surface area contributed by atoms with E-state index in [0.29, 0.717) is 38.4 Å². The van der Waals surface area contributed by atoms with Crippen molar-refractivity contribution in [3.05, 3.63) is 68.8 Å². The predicted octanol–water partition coefficient (Wildman–Crippen LogP) is 9.11. The summed E-state index contributed by atoms with van der Waals surface area (Å²) in [6.45, 7) is 3.02. The number of ketones is 1. The summed E-state index contributed by atoms with van der Waals surface area (Å²) >= 11 is 18.9. The Bertz CT molecular complexity index is 1330. The summed E-state index contributed by atoms with van der Waals surface area (Å²) in [6, 6.07) is 12.9. The van der Waals surface area contributed by atoms with Crippen molar-refractivity contribution in [1.29, 1.82) is 0 Å². The van der Waals surface area contributed by atoms with E-state index in [2.05, 4.69) is 5.32 Å². The van der Waals surface area contributed by atoms with Crippen molar-refractivity contribution in [2.75, 3.05) is 6.54 Å². The van der Waals surface area contributed by atoms with Crippen molar-refractivity contribution in [2.24, 2.45) is 17.8 Å². The molecule has 7 rings (SSSR count). The standard InChI is InChI=1S/C32H36Cl3N3O/c1-20-30(29(39)5-3-2-4-12-36-32-17-21-13-22(18-32)15-23(14-21)19-32)37-38(28-11-10-26(34)16-27(28)35)31(20)24-6-8-25(33)9-7-24/h6-11,16,21-23,36H,2-5,12-15,17-19H2,1H3. The van der Waals surface area contributed by atoms with Crippen LogP contribution in [0.25, 0.3) is 16.9 Å². The highest BCUT2D eigenvalue weighted by Crippen LogP contribution is 2.55. The van der Waals surface area contributed by atoms with Crippen LogP contribution < -0.4 is 5.32 Å². The first-order valence-corrected chi connectivity index (χ1v) is 15.5. The maximum atomic E-state index is 13.4. The quantitative estimate of drug-likeness (QED) is 0.191. The van der Waals surface area contributed by atoms with Crippen LogP contribution in [0, 0.1) is 24.7 Å². The summed E-state index contributed by atoms with van der Waals surface area (Å²) < 4.78 is 1.76. The second-order valence-electron chi connectivity index (χ2n) is 12.2. The molecule has 4 nitrogen and oxygen atoms in total. The second-order valence-corrected chi connectivity index (χ2v) is 13.5. The van der Waals surface area contributed by atoms with Gasteiger partial charge in [0, 0.05) is 33.1 Å². The smallest absolute Gasteiger partial charge is 0.183 e. The summed E-state index contributed by atoms with van der Waals surface area (Å²) in [6.07, 6.45) is 12.1. The van der Waals surface area contributed by atoms with E-state index >= 15 is 0 Å². The fraction of sp³-hybridized carbons (Fsp3) is 0.500. The van der Waals surface area contributed by atoms with Gasteiger partial charge in [0.15, 0.2) is 5.78 Å². The van der Waals surface area contributed by atoms with E-state index < -0.39 is 0 Å². The lowest BCUT2D eigenvalue weighted by molar-refractivity contribution is -0.0196. The first kappa shape index (κ1) is 27.3. The molecule has 1 aromatic heterocycles. The van der Waals surface area contributed by atoms with Gasteiger partial charge in [-0.2, -0.15) is 5.10 Å². The van der Waals surface area contributed by atoms with Gasteiger partial charge in [-0.15, -0.1) is 0 Å². The number of carbonyl (C=O) groups is 1. The number of hydrogen-bond donors (Lipinski definition) is 1. The topological polar surface area (TPSA) is 46.9 Å². The molecule has 4 bridgehead atoms. The van der Waals surface area contributed by atoms with Crippen LogP contribution in [0.5, 0.6) is 0 Å². The van der Waals surface area contributed by atoms with Crippen molar-refractivity contribution in [3.8, 4) is 16.9 Å². The minimum atomic E-state index is 0.0700. The Kier molecular flexibility index (Phi) is 7.85. The first-order valence-electron chi connectivity index (χ1n) is 14.4. The molecule has 3 aromatic rings. The first-order chi connectivity index (χ1) is 18.8. The van der Waals surface area contributed by atoms with Crippen LogP contribution in [0.15, 0.2) is 42.5 Å². The SMILES string of the molecule is Cc1c(C(=O)CCCCCNC23CC4CC(CC(C4)C2)C3)nn(-c2ccc(Cl)cc2Cl)c1-c1ccc(Cl)cc1. The molecule has 2 aromatic carbocycles. The van der Waals surface area contributed by atoms with Crippen LogP contribution in [0.4, 0.5) is 0 Å². The number of rotatable bonds is 10. The monoisotopic (exact) mass is 583 g/mol. The van der Waals surface area contributed by atoms with Gasteiger partial charge in [-0.1, -0.05) is 53.4 Å². The summed E-state index contributed by atoms with van der Waals surface area (Å²) in [5.41, 5.74) is 4.19. The number of Topliss-reactive ketones (excluding diaryl/α,β-unsaturated/α-hetero) is 1. The van der Waals surface area contributed by atoms with Crippen molar-refractivity contribution >= 4 is 40.6 Å². The highest BCUT2D eigenvalue weighted by atomic mass is 35.5. The van der Waals surface area contributed by atoms with Crippen LogP contribution in [-0.4, -0.2) is 27.6 Å². The molecule has 206 valence electrons. The highest BCUT2D eigenvalue weighted by Gasteiger charge is 2.50. The minimum Gasteiger partial charge on any atom is -0.311 e. The van der Waals surface area contributed by atoms with Gasteiger partial charge in [-0.3, -0.25) is 4.79 Å². The fourth-order valence-corrected chi connectivity index (χ4v) is 8.54. The summed E-state index contributed by atoms with van der Waals surface area (Å²) in [5.74, 6) is 2.96. The third-order valence-corrected chi connectivity index (χ3v) is 10.1. The van der Waals surface area contributed by atoms with E-state index in [4.69, 9.17) is 39.9 Å². The maximum Gasteiger partial charge on any atom is 0.183 e. The zero-order chi connectivity index (χ0) is 27.1. The Labute approximate surface area is 246 Å². The van der Waals surface area contributed by atoms with E-state index in [0.717, 1.165) is 60.4 Å². The number of nitrogens with zero attached hydrogens (tertiary/aromatic N) is 2. The molecule has 4 fully saturated rings.